The lowest BCUT2D eigenvalue weighted by Gasteiger charge is -2.58. The second kappa shape index (κ2) is 6.58. The van der Waals surface area contributed by atoms with Crippen molar-refractivity contribution in [3.05, 3.63) is 12.2 Å². The van der Waals surface area contributed by atoms with E-state index in [1.165, 1.54) is 0 Å². The minimum absolute atomic E-state index is 0.0101. The van der Waals surface area contributed by atoms with Gasteiger partial charge in [0.25, 0.3) is 0 Å². The highest BCUT2D eigenvalue weighted by atomic mass is 16.4. The standard InChI is InChI=1S/C23H34N2O4/c1-21(2,20(28)29)25-19(27)16-7-6-14-13-5-8-17-23(4,12-10-18(26)24-17)15(13)9-11-22(14,16)3/h10,12-17H,5-9,11H2,1-4H3,(H,24,26)(H,25,27)(H,28,29)/t13-,14-,15+,16+,17+,22-,23+/m0/s1. The summed E-state index contributed by atoms with van der Waals surface area (Å²) >= 11 is 0. The lowest BCUT2D eigenvalue weighted by molar-refractivity contribution is -0.148. The molecule has 4 aliphatic rings. The Hall–Kier alpha value is -1.85. The van der Waals surface area contributed by atoms with Crippen molar-refractivity contribution in [2.24, 2.45) is 34.5 Å². The van der Waals surface area contributed by atoms with Gasteiger partial charge in [0.1, 0.15) is 5.54 Å². The van der Waals surface area contributed by atoms with E-state index in [0.29, 0.717) is 17.8 Å². The summed E-state index contributed by atoms with van der Waals surface area (Å²) in [6.45, 7) is 7.64. The van der Waals surface area contributed by atoms with Gasteiger partial charge in [0, 0.05) is 17.4 Å². The van der Waals surface area contributed by atoms with E-state index in [0.717, 1.165) is 38.5 Å². The third kappa shape index (κ3) is 3.01. The monoisotopic (exact) mass is 402 g/mol. The third-order valence-corrected chi connectivity index (χ3v) is 8.97. The van der Waals surface area contributed by atoms with E-state index >= 15 is 0 Å². The van der Waals surface area contributed by atoms with Crippen molar-refractivity contribution in [1.29, 1.82) is 0 Å². The average Bonchev–Trinajstić information content (AvgIpc) is 2.99. The molecule has 29 heavy (non-hydrogen) atoms. The van der Waals surface area contributed by atoms with Crippen molar-refractivity contribution in [3.63, 3.8) is 0 Å². The smallest absolute Gasteiger partial charge is 0.328 e. The van der Waals surface area contributed by atoms with Gasteiger partial charge in [-0.2, -0.15) is 0 Å². The molecule has 0 radical (unpaired) electrons. The Kier molecular flexibility index (Phi) is 4.63. The number of aliphatic carboxylic acids is 1. The van der Waals surface area contributed by atoms with E-state index in [-0.39, 0.29) is 34.6 Å². The van der Waals surface area contributed by atoms with Crippen molar-refractivity contribution < 1.29 is 19.5 Å². The van der Waals surface area contributed by atoms with Crippen molar-refractivity contribution in [2.45, 2.75) is 77.8 Å². The van der Waals surface area contributed by atoms with E-state index in [1.54, 1.807) is 19.9 Å². The summed E-state index contributed by atoms with van der Waals surface area (Å²) in [5, 5.41) is 15.4. The molecule has 3 N–H and O–H groups in total. The maximum atomic E-state index is 13.1. The maximum Gasteiger partial charge on any atom is 0.328 e. The quantitative estimate of drug-likeness (QED) is 0.676. The molecule has 0 aromatic rings. The lowest BCUT2D eigenvalue weighted by atomic mass is 9.48. The first kappa shape index (κ1) is 20.4. The van der Waals surface area contributed by atoms with E-state index in [4.69, 9.17) is 0 Å². The molecule has 0 bridgehead atoms. The van der Waals surface area contributed by atoms with Crippen molar-refractivity contribution in [2.75, 3.05) is 0 Å². The molecule has 0 unspecified atom stereocenters. The van der Waals surface area contributed by atoms with Crippen LogP contribution in [0.3, 0.4) is 0 Å². The first-order valence-corrected chi connectivity index (χ1v) is 11.0. The molecule has 3 fully saturated rings. The molecular weight excluding hydrogens is 368 g/mol. The van der Waals surface area contributed by atoms with Gasteiger partial charge >= 0.3 is 5.97 Å². The van der Waals surface area contributed by atoms with Gasteiger partial charge in [-0.05, 0) is 81.6 Å². The summed E-state index contributed by atoms with van der Waals surface area (Å²) in [5.41, 5.74) is -1.34. The van der Waals surface area contributed by atoms with Crippen LogP contribution in [0.1, 0.15) is 66.2 Å². The van der Waals surface area contributed by atoms with Crippen LogP contribution in [-0.2, 0) is 14.4 Å². The minimum atomic E-state index is -1.25. The number of hydrogen-bond acceptors (Lipinski definition) is 3. The highest BCUT2D eigenvalue weighted by molar-refractivity contribution is 5.89. The molecule has 0 aromatic heterocycles. The van der Waals surface area contributed by atoms with Crippen LogP contribution < -0.4 is 10.6 Å². The Morgan fingerprint density at radius 1 is 1.14 bits per heavy atom. The largest absolute Gasteiger partial charge is 0.480 e. The maximum absolute atomic E-state index is 13.1. The summed E-state index contributed by atoms with van der Waals surface area (Å²) in [7, 11) is 0. The van der Waals surface area contributed by atoms with E-state index in [1.807, 2.05) is 0 Å². The van der Waals surface area contributed by atoms with E-state index in [9.17, 15) is 19.5 Å². The Balaban J connectivity index is 1.56. The molecule has 1 heterocycles. The Morgan fingerprint density at radius 3 is 2.55 bits per heavy atom. The number of amides is 2. The van der Waals surface area contributed by atoms with Gasteiger partial charge in [0.2, 0.25) is 11.8 Å². The number of carbonyl (C=O) groups excluding carboxylic acids is 2. The molecule has 4 rings (SSSR count). The fourth-order valence-electron chi connectivity index (χ4n) is 7.21. The molecule has 1 aliphatic heterocycles. The topological polar surface area (TPSA) is 95.5 Å². The second-order valence-electron chi connectivity index (χ2n) is 10.8. The van der Waals surface area contributed by atoms with E-state index < -0.39 is 11.5 Å². The number of fused-ring (bicyclic) bond motifs is 5. The molecule has 6 nitrogen and oxygen atoms in total. The second-order valence-corrected chi connectivity index (χ2v) is 10.8. The summed E-state index contributed by atoms with van der Waals surface area (Å²) in [5.74, 6) is 0.337. The van der Waals surface area contributed by atoms with Crippen LogP contribution in [0.5, 0.6) is 0 Å². The summed E-state index contributed by atoms with van der Waals surface area (Å²) in [6, 6.07) is 0.211. The normalized spacial score (nSPS) is 43.6. The molecule has 0 saturated heterocycles. The van der Waals surface area contributed by atoms with Gasteiger partial charge in [-0.25, -0.2) is 4.79 Å². The zero-order valence-corrected chi connectivity index (χ0v) is 18.0. The zero-order chi connectivity index (χ0) is 21.2. The average molecular weight is 403 g/mol. The molecule has 160 valence electrons. The number of nitrogens with one attached hydrogen (secondary N) is 2. The number of hydrogen-bond donors (Lipinski definition) is 3. The Bertz CT molecular complexity index is 775. The molecule has 0 aromatic carbocycles. The van der Waals surface area contributed by atoms with Crippen molar-refractivity contribution in [1.82, 2.24) is 10.6 Å². The van der Waals surface area contributed by atoms with Crippen LogP contribution in [0.15, 0.2) is 12.2 Å². The van der Waals surface area contributed by atoms with E-state index in [2.05, 4.69) is 30.6 Å². The molecular formula is C23H34N2O4. The predicted molar refractivity (Wildman–Crippen MR) is 109 cm³/mol. The third-order valence-electron chi connectivity index (χ3n) is 8.97. The lowest BCUT2D eigenvalue weighted by Crippen LogP contribution is -2.60. The van der Waals surface area contributed by atoms with Gasteiger partial charge in [-0.15, -0.1) is 0 Å². The number of carbonyl (C=O) groups is 3. The summed E-state index contributed by atoms with van der Waals surface area (Å²) in [4.78, 5) is 36.4. The number of carboxylic acid groups (broad SMARTS) is 1. The molecule has 3 saturated carbocycles. The first-order chi connectivity index (χ1) is 13.5. The van der Waals surface area contributed by atoms with Gasteiger partial charge in [-0.3, -0.25) is 9.59 Å². The molecule has 2 amide bonds. The number of rotatable bonds is 3. The van der Waals surface area contributed by atoms with Crippen LogP contribution in [-0.4, -0.2) is 34.5 Å². The molecule has 3 aliphatic carbocycles. The van der Waals surface area contributed by atoms with Crippen LogP contribution in [0.25, 0.3) is 0 Å². The molecule has 0 spiro atoms. The Labute approximate surface area is 172 Å². The highest BCUT2D eigenvalue weighted by Crippen LogP contribution is 2.65. The Morgan fingerprint density at radius 2 is 1.86 bits per heavy atom. The number of carboxylic acids is 1. The summed E-state index contributed by atoms with van der Waals surface area (Å²) in [6.07, 6.45) is 9.82. The van der Waals surface area contributed by atoms with Crippen LogP contribution >= 0.6 is 0 Å². The SMILES string of the molecule is CC(C)(NC(=O)[C@H]1CC[C@H]2[C@@H]3CC[C@H]4NC(=O)C=C[C@]4(C)[C@@H]3CC[C@]12C)C(=O)O. The summed E-state index contributed by atoms with van der Waals surface area (Å²) < 4.78 is 0. The minimum Gasteiger partial charge on any atom is -0.480 e. The highest BCUT2D eigenvalue weighted by Gasteiger charge is 2.61. The molecule has 7 atom stereocenters. The van der Waals surface area contributed by atoms with Crippen molar-refractivity contribution >= 4 is 17.8 Å². The fourth-order valence-corrected chi connectivity index (χ4v) is 7.21. The first-order valence-electron chi connectivity index (χ1n) is 11.0. The van der Waals surface area contributed by atoms with Crippen molar-refractivity contribution in [3.8, 4) is 0 Å². The van der Waals surface area contributed by atoms with Crippen LogP contribution in [0.4, 0.5) is 0 Å². The van der Waals surface area contributed by atoms with Gasteiger partial charge in [-0.1, -0.05) is 19.9 Å². The fraction of sp³-hybridized carbons (Fsp3) is 0.783. The van der Waals surface area contributed by atoms with Crippen LogP contribution in [0.2, 0.25) is 0 Å². The van der Waals surface area contributed by atoms with Crippen LogP contribution in [0, 0.1) is 34.5 Å². The van der Waals surface area contributed by atoms with Gasteiger partial charge < -0.3 is 15.7 Å². The zero-order valence-electron chi connectivity index (χ0n) is 18.0. The molecule has 6 heteroatoms. The van der Waals surface area contributed by atoms with Gasteiger partial charge in [0.05, 0.1) is 0 Å². The predicted octanol–water partition coefficient (Wildman–Crippen LogP) is 2.88. The van der Waals surface area contributed by atoms with Gasteiger partial charge in [0.15, 0.2) is 0 Å².